The number of carbonyl (C=O) groups is 1. The minimum Gasteiger partial charge on any atom is -0.497 e. The van der Waals surface area contributed by atoms with Crippen molar-refractivity contribution in [3.8, 4) is 11.5 Å². The molecule has 7 heteroatoms. The summed E-state index contributed by atoms with van der Waals surface area (Å²) in [5.41, 5.74) is 3.06. The van der Waals surface area contributed by atoms with Crippen molar-refractivity contribution >= 4 is 11.6 Å². The van der Waals surface area contributed by atoms with Gasteiger partial charge in [-0.25, -0.2) is 0 Å². The van der Waals surface area contributed by atoms with Crippen LogP contribution < -0.4 is 14.4 Å². The number of anilines is 1. The van der Waals surface area contributed by atoms with E-state index in [9.17, 15) is 4.79 Å². The van der Waals surface area contributed by atoms with E-state index in [1.165, 1.54) is 5.56 Å². The van der Waals surface area contributed by atoms with E-state index >= 15 is 0 Å². The number of methoxy groups -OCH3 is 2. The molecule has 1 amide bonds. The summed E-state index contributed by atoms with van der Waals surface area (Å²) < 4.78 is 15.9. The number of aryl methyl sites for hydroxylation is 3. The molecule has 1 atom stereocenters. The second-order valence-electron chi connectivity index (χ2n) is 7.45. The van der Waals surface area contributed by atoms with Gasteiger partial charge in [-0.15, -0.1) is 0 Å². The van der Waals surface area contributed by atoms with Gasteiger partial charge in [-0.1, -0.05) is 23.4 Å². The Bertz CT molecular complexity index is 1030. The molecular weight excluding hydrogens is 382 g/mol. The van der Waals surface area contributed by atoms with Crippen LogP contribution in [0.5, 0.6) is 11.5 Å². The first-order chi connectivity index (χ1) is 14.6. The highest BCUT2D eigenvalue weighted by Crippen LogP contribution is 2.34. The van der Waals surface area contributed by atoms with E-state index in [1.54, 1.807) is 19.1 Å². The van der Waals surface area contributed by atoms with E-state index in [4.69, 9.17) is 14.0 Å². The van der Waals surface area contributed by atoms with Gasteiger partial charge in [0.1, 0.15) is 11.5 Å². The zero-order valence-corrected chi connectivity index (χ0v) is 17.4. The lowest BCUT2D eigenvalue weighted by Crippen LogP contribution is -2.25. The summed E-state index contributed by atoms with van der Waals surface area (Å²) in [6.07, 6.45) is 1.82. The molecule has 1 aromatic heterocycles. The van der Waals surface area contributed by atoms with Crippen molar-refractivity contribution in [1.29, 1.82) is 0 Å². The zero-order chi connectivity index (χ0) is 21.1. The van der Waals surface area contributed by atoms with Crippen molar-refractivity contribution in [2.45, 2.75) is 32.1 Å². The molecule has 1 unspecified atom stereocenters. The van der Waals surface area contributed by atoms with Crippen molar-refractivity contribution in [2.75, 3.05) is 25.7 Å². The number of benzene rings is 2. The number of hydrogen-bond donors (Lipinski definition) is 0. The topological polar surface area (TPSA) is 77.7 Å². The molecule has 0 radical (unpaired) electrons. The second-order valence-corrected chi connectivity index (χ2v) is 7.45. The average Bonchev–Trinajstić information content (AvgIpc) is 3.39. The molecule has 1 aliphatic heterocycles. The summed E-state index contributed by atoms with van der Waals surface area (Å²) in [4.78, 5) is 19.0. The lowest BCUT2D eigenvalue weighted by molar-refractivity contribution is -0.117. The van der Waals surface area contributed by atoms with E-state index in [0.29, 0.717) is 31.1 Å². The number of hydrogen-bond acceptors (Lipinski definition) is 6. The molecule has 0 aliphatic carbocycles. The fourth-order valence-corrected chi connectivity index (χ4v) is 3.70. The first-order valence-electron chi connectivity index (χ1n) is 9.98. The average molecular weight is 407 g/mol. The van der Waals surface area contributed by atoms with Crippen LogP contribution in [0.3, 0.4) is 0 Å². The predicted molar refractivity (Wildman–Crippen MR) is 112 cm³/mol. The number of rotatable bonds is 7. The first kappa shape index (κ1) is 19.9. The van der Waals surface area contributed by atoms with Gasteiger partial charge in [-0.05, 0) is 42.7 Å². The smallest absolute Gasteiger partial charge is 0.227 e. The van der Waals surface area contributed by atoms with Crippen LogP contribution in [0.15, 0.2) is 47.0 Å². The summed E-state index contributed by atoms with van der Waals surface area (Å²) in [7, 11) is 3.27. The van der Waals surface area contributed by atoms with Gasteiger partial charge in [0, 0.05) is 31.4 Å². The molecule has 30 heavy (non-hydrogen) atoms. The molecule has 0 saturated carbocycles. The molecular formula is C23H25N3O4. The van der Waals surface area contributed by atoms with Crippen LogP contribution in [0.2, 0.25) is 0 Å². The Hall–Kier alpha value is -3.35. The quantitative estimate of drug-likeness (QED) is 0.594. The maximum Gasteiger partial charge on any atom is 0.227 e. The van der Waals surface area contributed by atoms with Gasteiger partial charge >= 0.3 is 0 Å². The van der Waals surface area contributed by atoms with E-state index < -0.39 is 0 Å². The molecule has 0 N–H and O–H groups in total. The van der Waals surface area contributed by atoms with E-state index in [2.05, 4.69) is 10.1 Å². The van der Waals surface area contributed by atoms with Gasteiger partial charge in [-0.2, -0.15) is 4.98 Å². The van der Waals surface area contributed by atoms with E-state index in [1.807, 2.05) is 49.4 Å². The van der Waals surface area contributed by atoms with Gasteiger partial charge in [0.15, 0.2) is 5.82 Å². The summed E-state index contributed by atoms with van der Waals surface area (Å²) in [6.45, 7) is 2.52. The largest absolute Gasteiger partial charge is 0.497 e. The summed E-state index contributed by atoms with van der Waals surface area (Å²) in [6, 6.07) is 13.7. The van der Waals surface area contributed by atoms with Crippen LogP contribution in [-0.4, -0.2) is 36.8 Å². The van der Waals surface area contributed by atoms with Gasteiger partial charge in [-0.3, -0.25) is 4.79 Å². The minimum absolute atomic E-state index is 0.0564. The number of amides is 1. The molecule has 0 bridgehead atoms. The molecule has 1 fully saturated rings. The molecule has 0 spiro atoms. The van der Waals surface area contributed by atoms with Crippen LogP contribution >= 0.6 is 0 Å². The molecule has 1 aliphatic rings. The second kappa shape index (κ2) is 8.57. The van der Waals surface area contributed by atoms with Crippen molar-refractivity contribution in [3.63, 3.8) is 0 Å². The molecule has 2 aromatic carbocycles. The fourth-order valence-electron chi connectivity index (χ4n) is 3.70. The lowest BCUT2D eigenvalue weighted by Gasteiger charge is -2.19. The Balaban J connectivity index is 1.42. The molecule has 1 saturated heterocycles. The maximum atomic E-state index is 12.7. The summed E-state index contributed by atoms with van der Waals surface area (Å²) in [5.74, 6) is 2.72. The highest BCUT2D eigenvalue weighted by atomic mass is 16.5. The van der Waals surface area contributed by atoms with Crippen molar-refractivity contribution < 1.29 is 18.8 Å². The van der Waals surface area contributed by atoms with Crippen LogP contribution in [-0.2, 0) is 17.6 Å². The molecule has 2 heterocycles. The highest BCUT2D eigenvalue weighted by molar-refractivity contribution is 5.97. The number of carbonyl (C=O) groups excluding carboxylic acids is 1. The monoisotopic (exact) mass is 407 g/mol. The fraction of sp³-hybridized carbons (Fsp3) is 0.348. The first-order valence-corrected chi connectivity index (χ1v) is 9.98. The van der Waals surface area contributed by atoms with Crippen LogP contribution in [0.1, 0.15) is 35.2 Å². The standard InChI is InChI=1S/C23H25N3O4/c1-15-4-8-19(29-3)13-20(15)26-14-17(12-22(26)27)23-24-21(30-25-23)11-7-16-5-9-18(28-2)10-6-16/h4-6,8-10,13,17H,7,11-12,14H2,1-3H3. The van der Waals surface area contributed by atoms with Gasteiger partial charge < -0.3 is 18.9 Å². The molecule has 7 nitrogen and oxygen atoms in total. The van der Waals surface area contributed by atoms with Crippen LogP contribution in [0.4, 0.5) is 5.69 Å². The zero-order valence-electron chi connectivity index (χ0n) is 17.4. The third-order valence-corrected chi connectivity index (χ3v) is 5.47. The minimum atomic E-state index is -0.0819. The number of nitrogens with zero attached hydrogens (tertiary/aromatic N) is 3. The lowest BCUT2D eigenvalue weighted by atomic mass is 10.1. The third-order valence-electron chi connectivity index (χ3n) is 5.47. The SMILES string of the molecule is COc1ccc(CCc2nc(C3CC(=O)N(c4cc(OC)ccc4C)C3)no2)cc1. The Labute approximate surface area is 175 Å². The molecule has 156 valence electrons. The van der Waals surface area contributed by atoms with Gasteiger partial charge in [0.05, 0.1) is 19.9 Å². The van der Waals surface area contributed by atoms with E-state index in [0.717, 1.165) is 29.2 Å². The number of aromatic nitrogens is 2. The van der Waals surface area contributed by atoms with Crippen molar-refractivity contribution in [2.24, 2.45) is 0 Å². The summed E-state index contributed by atoms with van der Waals surface area (Å²) >= 11 is 0. The van der Waals surface area contributed by atoms with Gasteiger partial charge in [0.2, 0.25) is 11.8 Å². The highest BCUT2D eigenvalue weighted by Gasteiger charge is 2.35. The van der Waals surface area contributed by atoms with Crippen molar-refractivity contribution in [3.05, 3.63) is 65.3 Å². The maximum absolute atomic E-state index is 12.7. The molecule has 3 aromatic rings. The van der Waals surface area contributed by atoms with Crippen LogP contribution in [0.25, 0.3) is 0 Å². The predicted octanol–water partition coefficient (Wildman–Crippen LogP) is 3.70. The Morgan fingerprint density at radius 1 is 1.07 bits per heavy atom. The summed E-state index contributed by atoms with van der Waals surface area (Å²) in [5, 5.41) is 4.15. The normalized spacial score (nSPS) is 16.2. The van der Waals surface area contributed by atoms with Gasteiger partial charge in [0.25, 0.3) is 0 Å². The van der Waals surface area contributed by atoms with Crippen LogP contribution in [0, 0.1) is 6.92 Å². The molecule has 4 rings (SSSR count). The third kappa shape index (κ3) is 4.15. The Morgan fingerprint density at radius 2 is 1.80 bits per heavy atom. The number of ether oxygens (including phenoxy) is 2. The van der Waals surface area contributed by atoms with Crippen molar-refractivity contribution in [1.82, 2.24) is 10.1 Å². The Kier molecular flexibility index (Phi) is 5.70. The Morgan fingerprint density at radius 3 is 2.53 bits per heavy atom. The van der Waals surface area contributed by atoms with E-state index in [-0.39, 0.29) is 11.8 Å².